The molecule has 0 bridgehead atoms. The van der Waals surface area contributed by atoms with E-state index in [0.717, 1.165) is 16.8 Å². The van der Waals surface area contributed by atoms with Gasteiger partial charge < -0.3 is 9.88 Å². The summed E-state index contributed by atoms with van der Waals surface area (Å²) in [5.41, 5.74) is 3.07. The van der Waals surface area contributed by atoms with Gasteiger partial charge in [-0.15, -0.1) is 0 Å². The first kappa shape index (κ1) is 15.1. The molecule has 1 atom stereocenters. The van der Waals surface area contributed by atoms with Gasteiger partial charge in [-0.2, -0.15) is 0 Å². The summed E-state index contributed by atoms with van der Waals surface area (Å²) < 4.78 is 2.08. The van der Waals surface area contributed by atoms with Crippen molar-refractivity contribution in [3.05, 3.63) is 90.3 Å². The average Bonchev–Trinajstić information content (AvgIpc) is 3.10. The molecule has 3 heteroatoms. The molecule has 0 aliphatic rings. The highest BCUT2D eigenvalue weighted by molar-refractivity contribution is 5.92. The summed E-state index contributed by atoms with van der Waals surface area (Å²) in [4.78, 5) is 12.5. The van der Waals surface area contributed by atoms with E-state index < -0.39 is 0 Å². The summed E-state index contributed by atoms with van der Waals surface area (Å²) in [6, 6.07) is 21.9. The minimum absolute atomic E-state index is 0.00443. The molecule has 3 rings (SSSR count). The Balaban J connectivity index is 1.79. The second-order valence-corrected chi connectivity index (χ2v) is 5.62. The molecule has 116 valence electrons. The van der Waals surface area contributed by atoms with E-state index in [1.807, 2.05) is 73.9 Å². The second-order valence-electron chi connectivity index (χ2n) is 5.62. The quantitative estimate of drug-likeness (QED) is 0.744. The fraction of sp³-hybridized carbons (Fsp3) is 0.150. The molecule has 0 fully saturated rings. The Morgan fingerprint density at radius 3 is 2.30 bits per heavy atom. The molecule has 0 spiro atoms. The summed E-state index contributed by atoms with van der Waals surface area (Å²) in [5, 5.41) is 3.02. The monoisotopic (exact) mass is 304 g/mol. The normalized spacial score (nSPS) is 11.9. The number of para-hydroxylation sites is 1. The summed E-state index contributed by atoms with van der Waals surface area (Å²) >= 11 is 0. The van der Waals surface area contributed by atoms with E-state index in [1.54, 1.807) is 0 Å². The van der Waals surface area contributed by atoms with Gasteiger partial charge in [0.2, 0.25) is 5.91 Å². The first-order valence-electron chi connectivity index (χ1n) is 7.77. The number of carbonyl (C=O) groups is 1. The van der Waals surface area contributed by atoms with Crippen molar-refractivity contribution in [2.75, 3.05) is 5.32 Å². The van der Waals surface area contributed by atoms with E-state index in [1.165, 1.54) is 0 Å². The number of hydrogen-bond donors (Lipinski definition) is 1. The Hall–Kier alpha value is -2.81. The molecule has 1 N–H and O–H groups in total. The van der Waals surface area contributed by atoms with Crippen molar-refractivity contribution in [2.24, 2.45) is 0 Å². The van der Waals surface area contributed by atoms with Crippen LogP contribution < -0.4 is 5.32 Å². The van der Waals surface area contributed by atoms with Crippen LogP contribution in [0.2, 0.25) is 0 Å². The summed E-state index contributed by atoms with van der Waals surface area (Å²) in [6.45, 7) is 2.00. The number of nitrogens with zero attached hydrogens (tertiary/aromatic N) is 1. The molecule has 3 nitrogen and oxygen atoms in total. The van der Waals surface area contributed by atoms with Gasteiger partial charge in [-0.3, -0.25) is 4.79 Å². The number of aromatic nitrogens is 1. The smallest absolute Gasteiger partial charge is 0.226 e. The zero-order chi connectivity index (χ0) is 16.1. The number of hydrogen-bond acceptors (Lipinski definition) is 1. The third-order valence-corrected chi connectivity index (χ3v) is 3.97. The van der Waals surface area contributed by atoms with Crippen LogP contribution >= 0.6 is 0 Å². The minimum Gasteiger partial charge on any atom is -0.346 e. The molecule has 1 heterocycles. The lowest BCUT2D eigenvalue weighted by Gasteiger charge is -2.19. The molecule has 0 aliphatic carbocycles. The van der Waals surface area contributed by atoms with Crippen molar-refractivity contribution < 1.29 is 4.79 Å². The third-order valence-electron chi connectivity index (χ3n) is 3.97. The van der Waals surface area contributed by atoms with Gasteiger partial charge in [-0.1, -0.05) is 48.5 Å². The van der Waals surface area contributed by atoms with Crippen LogP contribution in [0.15, 0.2) is 79.1 Å². The van der Waals surface area contributed by atoms with Crippen molar-refractivity contribution in [3.8, 4) is 0 Å². The molecule has 23 heavy (non-hydrogen) atoms. The van der Waals surface area contributed by atoms with Gasteiger partial charge in [0.05, 0.1) is 12.5 Å². The maximum atomic E-state index is 12.5. The molecule has 3 aromatic rings. The Morgan fingerprint density at radius 1 is 0.957 bits per heavy atom. The van der Waals surface area contributed by atoms with E-state index in [2.05, 4.69) is 22.0 Å². The van der Waals surface area contributed by atoms with Gasteiger partial charge in [0.1, 0.15) is 0 Å². The number of nitrogens with one attached hydrogen (secondary N) is 1. The number of amides is 1. The Labute approximate surface area is 136 Å². The first-order valence-corrected chi connectivity index (χ1v) is 7.77. The molecule has 0 saturated carbocycles. The van der Waals surface area contributed by atoms with Crippen LogP contribution in [0.5, 0.6) is 0 Å². The number of benzene rings is 2. The Kier molecular flexibility index (Phi) is 4.57. The van der Waals surface area contributed by atoms with Crippen molar-refractivity contribution in [1.82, 2.24) is 4.57 Å². The predicted molar refractivity (Wildman–Crippen MR) is 93.4 cm³/mol. The van der Waals surface area contributed by atoms with Crippen LogP contribution in [-0.2, 0) is 4.79 Å². The van der Waals surface area contributed by atoms with Crippen LogP contribution in [-0.4, -0.2) is 10.5 Å². The number of anilines is 1. The highest BCUT2D eigenvalue weighted by Gasteiger charge is 2.17. The molecule has 0 unspecified atom stereocenters. The van der Waals surface area contributed by atoms with Crippen LogP contribution in [0, 0.1) is 6.92 Å². The van der Waals surface area contributed by atoms with Gasteiger partial charge in [0, 0.05) is 18.1 Å². The highest BCUT2D eigenvalue weighted by Crippen LogP contribution is 2.23. The number of aryl methyl sites for hydroxylation is 1. The minimum atomic E-state index is -0.00443. The van der Waals surface area contributed by atoms with E-state index in [9.17, 15) is 4.79 Å². The average molecular weight is 304 g/mol. The Bertz CT molecular complexity index is 763. The fourth-order valence-corrected chi connectivity index (χ4v) is 2.72. The second kappa shape index (κ2) is 6.97. The van der Waals surface area contributed by atoms with E-state index in [4.69, 9.17) is 0 Å². The molecule has 0 saturated heterocycles. The van der Waals surface area contributed by atoms with Crippen molar-refractivity contribution >= 4 is 11.6 Å². The van der Waals surface area contributed by atoms with Crippen molar-refractivity contribution in [2.45, 2.75) is 19.4 Å². The molecule has 0 radical (unpaired) electrons. The lowest BCUT2D eigenvalue weighted by molar-refractivity contribution is -0.116. The standard InChI is InChI=1S/C20H20N2O/c1-16-9-5-6-12-18(16)21-20(23)15-19(22-13-7-8-14-22)17-10-3-2-4-11-17/h2-14,19H,15H2,1H3,(H,21,23)/t19-/m0/s1. The highest BCUT2D eigenvalue weighted by atomic mass is 16.1. The fourth-order valence-electron chi connectivity index (χ4n) is 2.72. The van der Waals surface area contributed by atoms with Crippen LogP contribution in [0.25, 0.3) is 0 Å². The van der Waals surface area contributed by atoms with Crippen molar-refractivity contribution in [1.29, 1.82) is 0 Å². The van der Waals surface area contributed by atoms with Crippen LogP contribution in [0.3, 0.4) is 0 Å². The van der Waals surface area contributed by atoms with E-state index >= 15 is 0 Å². The molecular weight excluding hydrogens is 284 g/mol. The van der Waals surface area contributed by atoms with Crippen molar-refractivity contribution in [3.63, 3.8) is 0 Å². The topological polar surface area (TPSA) is 34.0 Å². The van der Waals surface area contributed by atoms with Gasteiger partial charge in [0.15, 0.2) is 0 Å². The number of rotatable bonds is 5. The lowest BCUT2D eigenvalue weighted by Crippen LogP contribution is -2.20. The molecular formula is C20H20N2O. The van der Waals surface area contributed by atoms with Gasteiger partial charge in [-0.05, 0) is 36.2 Å². The third kappa shape index (κ3) is 3.69. The Morgan fingerprint density at radius 2 is 1.61 bits per heavy atom. The zero-order valence-corrected chi connectivity index (χ0v) is 13.1. The summed E-state index contributed by atoms with van der Waals surface area (Å²) in [5.74, 6) is 0.0156. The maximum absolute atomic E-state index is 12.5. The molecule has 0 aliphatic heterocycles. The summed E-state index contributed by atoms with van der Waals surface area (Å²) in [6.07, 6.45) is 4.39. The predicted octanol–water partition coefficient (Wildman–Crippen LogP) is 4.41. The van der Waals surface area contributed by atoms with E-state index in [0.29, 0.717) is 6.42 Å². The SMILES string of the molecule is Cc1ccccc1NC(=O)C[C@@H](c1ccccc1)n1cccc1. The largest absolute Gasteiger partial charge is 0.346 e. The lowest BCUT2D eigenvalue weighted by atomic mass is 10.0. The van der Waals surface area contributed by atoms with Gasteiger partial charge in [-0.25, -0.2) is 0 Å². The first-order chi connectivity index (χ1) is 11.2. The molecule has 1 aromatic heterocycles. The van der Waals surface area contributed by atoms with Gasteiger partial charge >= 0.3 is 0 Å². The zero-order valence-electron chi connectivity index (χ0n) is 13.1. The summed E-state index contributed by atoms with van der Waals surface area (Å²) in [7, 11) is 0. The van der Waals surface area contributed by atoms with Gasteiger partial charge in [0.25, 0.3) is 0 Å². The van der Waals surface area contributed by atoms with E-state index in [-0.39, 0.29) is 11.9 Å². The molecule has 1 amide bonds. The maximum Gasteiger partial charge on any atom is 0.226 e. The number of carbonyl (C=O) groups excluding carboxylic acids is 1. The van der Waals surface area contributed by atoms with Crippen LogP contribution in [0.4, 0.5) is 5.69 Å². The molecule has 2 aromatic carbocycles. The van der Waals surface area contributed by atoms with Crippen LogP contribution in [0.1, 0.15) is 23.6 Å².